The van der Waals surface area contributed by atoms with Gasteiger partial charge in [0.15, 0.2) is 0 Å². The first-order valence-electron chi connectivity index (χ1n) is 7.30. The molecule has 1 rings (SSSR count). The third kappa shape index (κ3) is 4.80. The van der Waals surface area contributed by atoms with E-state index >= 15 is 0 Å². The molecule has 1 heterocycles. The number of unbranched alkanes of at least 4 members (excludes halogenated alkanes) is 1. The molecule has 0 aromatic carbocycles. The summed E-state index contributed by atoms with van der Waals surface area (Å²) in [4.78, 5) is 4.25. The zero-order chi connectivity index (χ0) is 14.1. The molecule has 0 aliphatic rings. The highest BCUT2D eigenvalue weighted by Gasteiger charge is 2.21. The summed E-state index contributed by atoms with van der Waals surface area (Å²) in [5.41, 5.74) is 4.06. The molecule has 19 heavy (non-hydrogen) atoms. The van der Waals surface area contributed by atoms with Gasteiger partial charge in [-0.05, 0) is 30.9 Å². The molecule has 0 saturated carbocycles. The Morgan fingerprint density at radius 2 is 2.11 bits per heavy atom. The molecule has 0 aliphatic carbocycles. The summed E-state index contributed by atoms with van der Waals surface area (Å²) in [6, 6.07) is 2.18. The summed E-state index contributed by atoms with van der Waals surface area (Å²) in [7, 11) is 0. The van der Waals surface area contributed by atoms with E-state index in [0.29, 0.717) is 12.5 Å². The monoisotopic (exact) mass is 265 g/mol. The number of aromatic nitrogens is 1. The number of nitrogens with zero attached hydrogens (tertiary/aromatic N) is 1. The van der Waals surface area contributed by atoms with Gasteiger partial charge in [-0.25, -0.2) is 0 Å². The van der Waals surface area contributed by atoms with Gasteiger partial charge in [-0.3, -0.25) is 16.3 Å². The average Bonchev–Trinajstić information content (AvgIpc) is 2.44. The molecule has 3 N–H and O–H groups in total. The van der Waals surface area contributed by atoms with Crippen molar-refractivity contribution in [1.29, 1.82) is 0 Å². The van der Waals surface area contributed by atoms with E-state index in [0.717, 1.165) is 17.7 Å². The van der Waals surface area contributed by atoms with Crippen LogP contribution in [0.5, 0.6) is 5.75 Å². The highest BCUT2D eigenvalue weighted by atomic mass is 16.5. The Hall–Kier alpha value is -1.13. The van der Waals surface area contributed by atoms with Crippen LogP contribution < -0.4 is 16.0 Å². The third-order valence-corrected chi connectivity index (χ3v) is 3.51. The van der Waals surface area contributed by atoms with Crippen LogP contribution in [0.25, 0.3) is 0 Å². The van der Waals surface area contributed by atoms with E-state index < -0.39 is 0 Å². The first-order chi connectivity index (χ1) is 9.26. The van der Waals surface area contributed by atoms with Gasteiger partial charge >= 0.3 is 0 Å². The second-order valence-electron chi connectivity index (χ2n) is 4.84. The summed E-state index contributed by atoms with van der Waals surface area (Å²) in [6.07, 6.45) is 8.35. The van der Waals surface area contributed by atoms with E-state index in [1.165, 1.54) is 19.3 Å². The lowest BCUT2D eigenvalue weighted by atomic mass is 9.88. The van der Waals surface area contributed by atoms with Crippen molar-refractivity contribution in [2.75, 3.05) is 6.61 Å². The Kier molecular flexibility index (Phi) is 7.45. The van der Waals surface area contributed by atoms with E-state index in [1.807, 2.05) is 19.2 Å². The summed E-state index contributed by atoms with van der Waals surface area (Å²) in [5.74, 6) is 7.10. The number of nitrogens with two attached hydrogens (primary N) is 1. The Morgan fingerprint density at radius 1 is 1.32 bits per heavy atom. The Labute approximate surface area is 116 Å². The van der Waals surface area contributed by atoms with Crippen molar-refractivity contribution < 1.29 is 4.74 Å². The lowest BCUT2D eigenvalue weighted by Crippen LogP contribution is -2.33. The van der Waals surface area contributed by atoms with Gasteiger partial charge in [-0.2, -0.15) is 0 Å². The largest absolute Gasteiger partial charge is 0.492 e. The van der Waals surface area contributed by atoms with Crippen molar-refractivity contribution >= 4 is 0 Å². The molecule has 0 saturated heterocycles. The SMILES string of the molecule is CCCCC(CC)C(NN)c1cncc(OCC)c1. The van der Waals surface area contributed by atoms with E-state index in [-0.39, 0.29) is 6.04 Å². The molecule has 108 valence electrons. The highest BCUT2D eigenvalue weighted by molar-refractivity contribution is 5.26. The quantitative estimate of drug-likeness (QED) is 0.532. The molecule has 0 bridgehead atoms. The zero-order valence-electron chi connectivity index (χ0n) is 12.4. The molecule has 1 aromatic heterocycles. The van der Waals surface area contributed by atoms with Crippen LogP contribution >= 0.6 is 0 Å². The average molecular weight is 265 g/mol. The molecule has 0 aliphatic heterocycles. The van der Waals surface area contributed by atoms with Gasteiger partial charge in [0, 0.05) is 6.20 Å². The lowest BCUT2D eigenvalue weighted by molar-refractivity contribution is 0.319. The van der Waals surface area contributed by atoms with Crippen molar-refractivity contribution in [3.63, 3.8) is 0 Å². The van der Waals surface area contributed by atoms with Gasteiger partial charge in [0.2, 0.25) is 0 Å². The molecular weight excluding hydrogens is 238 g/mol. The maximum absolute atomic E-state index is 5.76. The minimum Gasteiger partial charge on any atom is -0.492 e. The van der Waals surface area contributed by atoms with Gasteiger partial charge in [0.25, 0.3) is 0 Å². The fraction of sp³-hybridized carbons (Fsp3) is 0.667. The van der Waals surface area contributed by atoms with E-state index in [1.54, 1.807) is 6.20 Å². The zero-order valence-corrected chi connectivity index (χ0v) is 12.4. The van der Waals surface area contributed by atoms with Crippen LogP contribution in [0.3, 0.4) is 0 Å². The van der Waals surface area contributed by atoms with Crippen LogP contribution in [-0.2, 0) is 0 Å². The van der Waals surface area contributed by atoms with Gasteiger partial charge < -0.3 is 4.74 Å². The van der Waals surface area contributed by atoms with Gasteiger partial charge in [-0.1, -0.05) is 33.1 Å². The molecule has 0 radical (unpaired) electrons. The summed E-state index contributed by atoms with van der Waals surface area (Å²) in [6.45, 7) is 7.06. The van der Waals surface area contributed by atoms with Crippen molar-refractivity contribution in [1.82, 2.24) is 10.4 Å². The number of rotatable bonds is 9. The number of pyridine rings is 1. The highest BCUT2D eigenvalue weighted by Crippen LogP contribution is 2.29. The van der Waals surface area contributed by atoms with E-state index in [4.69, 9.17) is 10.6 Å². The van der Waals surface area contributed by atoms with Crippen molar-refractivity contribution in [2.24, 2.45) is 11.8 Å². The molecule has 0 amide bonds. The fourth-order valence-corrected chi connectivity index (χ4v) is 2.43. The minimum atomic E-state index is 0.143. The van der Waals surface area contributed by atoms with Crippen molar-refractivity contribution in [3.8, 4) is 5.75 Å². The summed E-state index contributed by atoms with van der Waals surface area (Å²) >= 11 is 0. The molecule has 2 unspecified atom stereocenters. The smallest absolute Gasteiger partial charge is 0.137 e. The molecule has 2 atom stereocenters. The second-order valence-corrected chi connectivity index (χ2v) is 4.84. The van der Waals surface area contributed by atoms with E-state index in [2.05, 4.69) is 24.3 Å². The Balaban J connectivity index is 2.84. The number of hydrogen-bond acceptors (Lipinski definition) is 4. The van der Waals surface area contributed by atoms with Crippen molar-refractivity contribution in [3.05, 3.63) is 24.0 Å². The molecule has 0 fully saturated rings. The molecule has 4 nitrogen and oxygen atoms in total. The maximum Gasteiger partial charge on any atom is 0.137 e. The molecule has 0 spiro atoms. The third-order valence-electron chi connectivity index (χ3n) is 3.51. The van der Waals surface area contributed by atoms with Gasteiger partial charge in [-0.15, -0.1) is 0 Å². The maximum atomic E-state index is 5.76. The summed E-state index contributed by atoms with van der Waals surface area (Å²) < 4.78 is 5.50. The molecule has 4 heteroatoms. The number of hydrazine groups is 1. The van der Waals surface area contributed by atoms with Crippen LogP contribution in [0.4, 0.5) is 0 Å². The minimum absolute atomic E-state index is 0.143. The number of ether oxygens (including phenoxy) is 1. The van der Waals surface area contributed by atoms with Crippen LogP contribution in [0, 0.1) is 5.92 Å². The molecule has 1 aromatic rings. The van der Waals surface area contributed by atoms with Gasteiger partial charge in [0.05, 0.1) is 18.8 Å². The van der Waals surface area contributed by atoms with E-state index in [9.17, 15) is 0 Å². The Bertz CT molecular complexity index is 357. The van der Waals surface area contributed by atoms with Gasteiger partial charge in [0.1, 0.15) is 5.75 Å². The van der Waals surface area contributed by atoms with Crippen LogP contribution in [0.1, 0.15) is 58.1 Å². The van der Waals surface area contributed by atoms with Crippen LogP contribution in [0.2, 0.25) is 0 Å². The number of nitrogens with one attached hydrogen (secondary N) is 1. The predicted molar refractivity (Wildman–Crippen MR) is 78.8 cm³/mol. The lowest BCUT2D eigenvalue weighted by Gasteiger charge is -2.26. The molecular formula is C15H27N3O. The normalized spacial score (nSPS) is 14.1. The fourth-order valence-electron chi connectivity index (χ4n) is 2.43. The Morgan fingerprint density at radius 3 is 2.68 bits per heavy atom. The van der Waals surface area contributed by atoms with Crippen LogP contribution in [0.15, 0.2) is 18.5 Å². The van der Waals surface area contributed by atoms with Crippen molar-refractivity contribution in [2.45, 2.75) is 52.5 Å². The standard InChI is InChI=1S/C15H27N3O/c1-4-7-8-12(5-2)15(18-16)13-9-14(19-6-3)11-17-10-13/h9-12,15,18H,4-8,16H2,1-3H3. The topological polar surface area (TPSA) is 60.2 Å². The predicted octanol–water partition coefficient (Wildman–Crippen LogP) is 3.20. The summed E-state index contributed by atoms with van der Waals surface area (Å²) in [5, 5.41) is 0. The second kappa shape index (κ2) is 8.88. The first kappa shape index (κ1) is 15.9. The van der Waals surface area contributed by atoms with Crippen LogP contribution in [-0.4, -0.2) is 11.6 Å². The first-order valence-corrected chi connectivity index (χ1v) is 7.30. The number of hydrogen-bond donors (Lipinski definition) is 2.